The van der Waals surface area contributed by atoms with Crippen LogP contribution < -0.4 is 5.32 Å². The third kappa shape index (κ3) is 3.20. The largest absolute Gasteiger partial charge is 0.309 e. The fraction of sp³-hybridized carbons (Fsp3) is 0.400. The Balaban J connectivity index is 2.26. The van der Waals surface area contributed by atoms with Crippen LogP contribution >= 0.6 is 0 Å². The number of nitrogens with one attached hydrogen (secondary N) is 1. The van der Waals surface area contributed by atoms with Crippen molar-refractivity contribution in [1.82, 2.24) is 15.1 Å². The zero-order valence-electron chi connectivity index (χ0n) is 11.7. The number of likely N-dealkylation sites (N-methyl/N-ethyl adjacent to an activating group) is 1. The molecule has 0 aliphatic heterocycles. The quantitative estimate of drug-likeness (QED) is 0.897. The summed E-state index contributed by atoms with van der Waals surface area (Å²) in [5.41, 5.74) is 3.27. The Morgan fingerprint density at radius 1 is 1.37 bits per heavy atom. The molecule has 0 saturated carbocycles. The van der Waals surface area contributed by atoms with Crippen LogP contribution in [0.5, 0.6) is 0 Å². The topological polar surface area (TPSA) is 29.9 Å². The predicted octanol–water partition coefficient (Wildman–Crippen LogP) is 2.76. The van der Waals surface area contributed by atoms with Gasteiger partial charge in [-0.05, 0) is 49.2 Å². The number of aromatic nitrogens is 2. The maximum Gasteiger partial charge on any atom is 0.123 e. The molecule has 1 aromatic heterocycles. The van der Waals surface area contributed by atoms with E-state index < -0.39 is 0 Å². The van der Waals surface area contributed by atoms with Crippen LogP contribution in [0.3, 0.4) is 0 Å². The van der Waals surface area contributed by atoms with Crippen LogP contribution in [0.15, 0.2) is 30.5 Å². The number of rotatable bonds is 5. The van der Waals surface area contributed by atoms with E-state index in [2.05, 4.69) is 17.3 Å². The third-order valence-corrected chi connectivity index (χ3v) is 3.40. The Hall–Kier alpha value is -1.68. The van der Waals surface area contributed by atoms with Gasteiger partial charge in [0.1, 0.15) is 5.82 Å². The molecular weight excluding hydrogens is 241 g/mol. The first-order chi connectivity index (χ1) is 9.11. The molecule has 1 heterocycles. The monoisotopic (exact) mass is 261 g/mol. The molecule has 2 aromatic rings. The molecule has 0 radical (unpaired) electrons. The van der Waals surface area contributed by atoms with Gasteiger partial charge in [0.25, 0.3) is 0 Å². The fourth-order valence-electron chi connectivity index (χ4n) is 2.33. The lowest BCUT2D eigenvalue weighted by molar-refractivity contribution is 0.505. The number of aryl methyl sites for hydroxylation is 2. The van der Waals surface area contributed by atoms with Gasteiger partial charge in [0.05, 0.1) is 11.7 Å². The van der Waals surface area contributed by atoms with Gasteiger partial charge in [0.2, 0.25) is 0 Å². The molecule has 0 aliphatic carbocycles. The summed E-state index contributed by atoms with van der Waals surface area (Å²) in [4.78, 5) is 0. The third-order valence-electron chi connectivity index (χ3n) is 3.40. The molecule has 1 N–H and O–H groups in total. The normalized spacial score (nSPS) is 12.6. The van der Waals surface area contributed by atoms with Crippen molar-refractivity contribution in [2.24, 2.45) is 7.05 Å². The number of hydrogen-bond donors (Lipinski definition) is 1. The van der Waals surface area contributed by atoms with Crippen molar-refractivity contribution in [3.8, 4) is 0 Å². The zero-order chi connectivity index (χ0) is 13.8. The lowest BCUT2D eigenvalue weighted by Gasteiger charge is -2.19. The van der Waals surface area contributed by atoms with Gasteiger partial charge in [-0.15, -0.1) is 0 Å². The molecule has 0 spiro atoms. The van der Waals surface area contributed by atoms with E-state index in [1.54, 1.807) is 12.3 Å². The molecule has 2 rings (SSSR count). The van der Waals surface area contributed by atoms with Crippen LogP contribution in [-0.4, -0.2) is 16.3 Å². The van der Waals surface area contributed by atoms with Crippen molar-refractivity contribution in [2.45, 2.75) is 26.3 Å². The SMILES string of the molecule is CCNC(Cc1cc(F)ccc1C)c1ccnn1C. The van der Waals surface area contributed by atoms with E-state index in [0.717, 1.165) is 29.8 Å². The van der Waals surface area contributed by atoms with E-state index in [4.69, 9.17) is 0 Å². The fourth-order valence-corrected chi connectivity index (χ4v) is 2.33. The average Bonchev–Trinajstić information content (AvgIpc) is 2.79. The van der Waals surface area contributed by atoms with Gasteiger partial charge in [-0.1, -0.05) is 13.0 Å². The number of halogens is 1. The van der Waals surface area contributed by atoms with Crippen molar-refractivity contribution in [2.75, 3.05) is 6.54 Å². The van der Waals surface area contributed by atoms with E-state index in [1.807, 2.05) is 30.8 Å². The molecule has 1 atom stereocenters. The van der Waals surface area contributed by atoms with E-state index in [1.165, 1.54) is 6.07 Å². The highest BCUT2D eigenvalue weighted by Crippen LogP contribution is 2.20. The molecule has 0 fully saturated rings. The molecule has 0 bridgehead atoms. The Bertz CT molecular complexity index is 548. The average molecular weight is 261 g/mol. The van der Waals surface area contributed by atoms with Crippen LogP contribution in [0, 0.1) is 12.7 Å². The second-order valence-electron chi connectivity index (χ2n) is 4.76. The summed E-state index contributed by atoms with van der Waals surface area (Å²) in [5.74, 6) is -0.180. The summed E-state index contributed by atoms with van der Waals surface area (Å²) in [6.45, 7) is 4.95. The summed E-state index contributed by atoms with van der Waals surface area (Å²) in [6.07, 6.45) is 2.55. The molecule has 0 amide bonds. The van der Waals surface area contributed by atoms with E-state index in [0.29, 0.717) is 0 Å². The highest BCUT2D eigenvalue weighted by Gasteiger charge is 2.15. The maximum atomic E-state index is 13.4. The number of nitrogens with zero attached hydrogens (tertiary/aromatic N) is 2. The molecule has 3 nitrogen and oxygen atoms in total. The van der Waals surface area contributed by atoms with E-state index >= 15 is 0 Å². The summed E-state index contributed by atoms with van der Waals surface area (Å²) >= 11 is 0. The second kappa shape index (κ2) is 5.97. The van der Waals surface area contributed by atoms with Gasteiger partial charge in [-0.2, -0.15) is 5.10 Å². The Kier molecular flexibility index (Phi) is 4.32. The van der Waals surface area contributed by atoms with Gasteiger partial charge < -0.3 is 5.32 Å². The highest BCUT2D eigenvalue weighted by molar-refractivity contribution is 5.28. The van der Waals surface area contributed by atoms with Gasteiger partial charge in [0.15, 0.2) is 0 Å². The van der Waals surface area contributed by atoms with E-state index in [9.17, 15) is 4.39 Å². The lowest BCUT2D eigenvalue weighted by Crippen LogP contribution is -2.25. The molecule has 19 heavy (non-hydrogen) atoms. The summed E-state index contributed by atoms with van der Waals surface area (Å²) in [7, 11) is 1.93. The first-order valence-electron chi connectivity index (χ1n) is 6.58. The smallest absolute Gasteiger partial charge is 0.123 e. The van der Waals surface area contributed by atoms with Crippen LogP contribution in [0.25, 0.3) is 0 Å². The minimum absolute atomic E-state index is 0.151. The predicted molar refractivity (Wildman–Crippen MR) is 74.5 cm³/mol. The van der Waals surface area contributed by atoms with Crippen molar-refractivity contribution < 1.29 is 4.39 Å². The first kappa shape index (κ1) is 13.7. The second-order valence-corrected chi connectivity index (χ2v) is 4.76. The van der Waals surface area contributed by atoms with E-state index in [-0.39, 0.29) is 11.9 Å². The molecule has 102 valence electrons. The van der Waals surface area contributed by atoms with Crippen molar-refractivity contribution in [3.63, 3.8) is 0 Å². The zero-order valence-corrected chi connectivity index (χ0v) is 11.7. The van der Waals surface area contributed by atoms with Crippen molar-refractivity contribution in [1.29, 1.82) is 0 Å². The minimum atomic E-state index is -0.180. The van der Waals surface area contributed by atoms with Crippen LogP contribution in [-0.2, 0) is 13.5 Å². The Morgan fingerprint density at radius 2 is 2.16 bits per heavy atom. The lowest BCUT2D eigenvalue weighted by atomic mass is 9.99. The van der Waals surface area contributed by atoms with Crippen LogP contribution in [0.1, 0.15) is 29.8 Å². The number of hydrogen-bond acceptors (Lipinski definition) is 2. The van der Waals surface area contributed by atoms with Gasteiger partial charge >= 0.3 is 0 Å². The van der Waals surface area contributed by atoms with Gasteiger partial charge in [0, 0.05) is 13.2 Å². The summed E-state index contributed by atoms with van der Waals surface area (Å²) in [6, 6.07) is 7.11. The number of benzene rings is 1. The first-order valence-corrected chi connectivity index (χ1v) is 6.58. The molecule has 4 heteroatoms. The minimum Gasteiger partial charge on any atom is -0.309 e. The molecule has 1 aromatic carbocycles. The van der Waals surface area contributed by atoms with Crippen molar-refractivity contribution >= 4 is 0 Å². The maximum absolute atomic E-state index is 13.4. The van der Waals surface area contributed by atoms with Gasteiger partial charge in [-0.3, -0.25) is 4.68 Å². The van der Waals surface area contributed by atoms with Crippen molar-refractivity contribution in [3.05, 3.63) is 53.1 Å². The van der Waals surface area contributed by atoms with Crippen LogP contribution in [0.2, 0.25) is 0 Å². The summed E-state index contributed by atoms with van der Waals surface area (Å²) in [5, 5.41) is 7.64. The standard InChI is InChI=1S/C15H20FN3/c1-4-17-14(15-7-8-18-19(15)3)10-12-9-13(16)6-5-11(12)2/h5-9,14,17H,4,10H2,1-3H3. The Morgan fingerprint density at radius 3 is 2.79 bits per heavy atom. The highest BCUT2D eigenvalue weighted by atomic mass is 19.1. The van der Waals surface area contributed by atoms with Gasteiger partial charge in [-0.25, -0.2) is 4.39 Å². The molecular formula is C15H20FN3. The molecule has 1 unspecified atom stereocenters. The summed E-state index contributed by atoms with van der Waals surface area (Å²) < 4.78 is 15.2. The molecule has 0 aliphatic rings. The molecule has 0 saturated heterocycles. The van der Waals surface area contributed by atoms with Crippen LogP contribution in [0.4, 0.5) is 4.39 Å². The Labute approximate surface area is 113 Å².